The summed E-state index contributed by atoms with van der Waals surface area (Å²) < 4.78 is 21.2. The molecule has 0 radical (unpaired) electrons. The first-order chi connectivity index (χ1) is 7.74. The zero-order valence-corrected chi connectivity index (χ0v) is 9.37. The van der Waals surface area contributed by atoms with Crippen molar-refractivity contribution >= 4 is 0 Å². The highest BCUT2D eigenvalue weighted by atomic mass is 16.7. The highest BCUT2D eigenvalue weighted by molar-refractivity contribution is 4.95. The maximum Gasteiger partial charge on any atom is 0.147 e. The lowest BCUT2D eigenvalue weighted by atomic mass is 10.0. The predicted octanol–water partition coefficient (Wildman–Crippen LogP) is 0.0551. The van der Waals surface area contributed by atoms with E-state index in [0.717, 1.165) is 12.8 Å². The van der Waals surface area contributed by atoms with Crippen molar-refractivity contribution in [2.45, 2.75) is 56.4 Å². The van der Waals surface area contributed by atoms with E-state index in [1.807, 2.05) is 0 Å². The average molecular weight is 230 g/mol. The second kappa shape index (κ2) is 4.23. The fourth-order valence-electron chi connectivity index (χ4n) is 2.28. The third-order valence-electron chi connectivity index (χ3n) is 3.54. The number of rotatable bonds is 4. The molecule has 5 heteroatoms. The molecule has 0 amide bonds. The lowest BCUT2D eigenvalue weighted by Crippen LogP contribution is -2.39. The first-order valence-electron chi connectivity index (χ1n) is 5.92. The number of ether oxygens (including phenoxy) is 4. The third-order valence-corrected chi connectivity index (χ3v) is 3.54. The summed E-state index contributed by atoms with van der Waals surface area (Å²) in [7, 11) is 0. The molecular formula is C11H18O5. The first-order valence-corrected chi connectivity index (χ1v) is 5.92. The van der Waals surface area contributed by atoms with Crippen LogP contribution in [0.2, 0.25) is 0 Å². The zero-order valence-electron chi connectivity index (χ0n) is 9.37. The largest absolute Gasteiger partial charge is 0.388 e. The zero-order chi connectivity index (χ0) is 11.1. The molecular weight excluding hydrogens is 212 g/mol. The molecule has 92 valence electrons. The maximum atomic E-state index is 9.64. The lowest BCUT2D eigenvalue weighted by Gasteiger charge is -2.27. The van der Waals surface area contributed by atoms with E-state index >= 15 is 0 Å². The van der Waals surface area contributed by atoms with E-state index in [0.29, 0.717) is 24.9 Å². The van der Waals surface area contributed by atoms with Gasteiger partial charge in [0.2, 0.25) is 0 Å². The molecule has 0 spiro atoms. The summed E-state index contributed by atoms with van der Waals surface area (Å²) >= 11 is 0. The van der Waals surface area contributed by atoms with Crippen molar-refractivity contribution in [3.63, 3.8) is 0 Å². The van der Waals surface area contributed by atoms with Crippen molar-refractivity contribution in [2.24, 2.45) is 0 Å². The van der Waals surface area contributed by atoms with Crippen LogP contribution in [0.25, 0.3) is 0 Å². The van der Waals surface area contributed by atoms with Gasteiger partial charge in [-0.05, 0) is 6.92 Å². The van der Waals surface area contributed by atoms with E-state index in [1.54, 1.807) is 0 Å². The lowest BCUT2D eigenvalue weighted by molar-refractivity contribution is -0.195. The summed E-state index contributed by atoms with van der Waals surface area (Å²) in [6, 6.07) is 0. The molecule has 5 nitrogen and oxygen atoms in total. The van der Waals surface area contributed by atoms with Crippen LogP contribution in [-0.2, 0) is 18.9 Å². The van der Waals surface area contributed by atoms with Gasteiger partial charge in [-0.3, -0.25) is 0 Å². The third kappa shape index (κ3) is 2.38. The number of hydrogen-bond acceptors (Lipinski definition) is 5. The molecule has 3 fully saturated rings. The monoisotopic (exact) mass is 230 g/mol. The van der Waals surface area contributed by atoms with Crippen molar-refractivity contribution in [1.29, 1.82) is 0 Å². The molecule has 0 aromatic heterocycles. The molecule has 1 N–H and O–H groups in total. The summed E-state index contributed by atoms with van der Waals surface area (Å²) in [6.07, 6.45) is 2.39. The standard InChI is InChI=1S/C11H18O5/c1-6-8(15-6)2-10-11(16-10)3-9-7(12)4-13-5-14-9/h6-12H,2-5H2,1H3/t6-,7-,8-,9+,10-,11-/m1/s1. The van der Waals surface area contributed by atoms with Crippen LogP contribution in [0.3, 0.4) is 0 Å². The molecule has 0 aromatic carbocycles. The van der Waals surface area contributed by atoms with Crippen LogP contribution in [0.5, 0.6) is 0 Å². The summed E-state index contributed by atoms with van der Waals surface area (Å²) in [5.41, 5.74) is 0. The Bertz CT molecular complexity index is 259. The Labute approximate surface area is 94.6 Å². The molecule has 6 atom stereocenters. The number of aliphatic hydroxyl groups is 1. The second-order valence-corrected chi connectivity index (χ2v) is 4.83. The molecule has 0 bridgehead atoms. The van der Waals surface area contributed by atoms with Crippen LogP contribution in [0.15, 0.2) is 0 Å². The van der Waals surface area contributed by atoms with Gasteiger partial charge in [-0.2, -0.15) is 0 Å². The molecule has 3 heterocycles. The molecule has 3 aliphatic rings. The van der Waals surface area contributed by atoms with Gasteiger partial charge < -0.3 is 24.1 Å². The van der Waals surface area contributed by atoms with Gasteiger partial charge >= 0.3 is 0 Å². The van der Waals surface area contributed by atoms with Gasteiger partial charge in [0.15, 0.2) is 0 Å². The van der Waals surface area contributed by atoms with E-state index in [-0.39, 0.29) is 19.0 Å². The van der Waals surface area contributed by atoms with Crippen molar-refractivity contribution < 1.29 is 24.1 Å². The minimum Gasteiger partial charge on any atom is -0.388 e. The Hall–Kier alpha value is -0.200. The molecule has 3 aliphatic heterocycles. The molecule has 0 unspecified atom stereocenters. The van der Waals surface area contributed by atoms with Crippen molar-refractivity contribution in [3.8, 4) is 0 Å². The molecule has 0 aromatic rings. The van der Waals surface area contributed by atoms with Gasteiger partial charge in [-0.1, -0.05) is 0 Å². The van der Waals surface area contributed by atoms with Crippen LogP contribution in [0.1, 0.15) is 19.8 Å². The average Bonchev–Trinajstić information content (AvgIpc) is 3.14. The summed E-state index contributed by atoms with van der Waals surface area (Å²) in [6.45, 7) is 2.72. The van der Waals surface area contributed by atoms with E-state index < -0.39 is 6.10 Å². The summed E-state index contributed by atoms with van der Waals surface area (Å²) in [5.74, 6) is 0. The topological polar surface area (TPSA) is 63.8 Å². The van der Waals surface area contributed by atoms with E-state index in [2.05, 4.69) is 6.92 Å². The fraction of sp³-hybridized carbons (Fsp3) is 1.00. The maximum absolute atomic E-state index is 9.64. The number of epoxide rings is 2. The summed E-state index contributed by atoms with van der Waals surface area (Å²) in [4.78, 5) is 0. The smallest absolute Gasteiger partial charge is 0.147 e. The van der Waals surface area contributed by atoms with Gasteiger partial charge in [0.05, 0.1) is 37.1 Å². The Kier molecular flexibility index (Phi) is 2.89. The number of aliphatic hydroxyl groups excluding tert-OH is 1. The Morgan fingerprint density at radius 1 is 1.06 bits per heavy atom. The normalized spacial score (nSPS) is 51.4. The molecule has 0 aliphatic carbocycles. The van der Waals surface area contributed by atoms with E-state index in [9.17, 15) is 5.11 Å². The van der Waals surface area contributed by atoms with Crippen LogP contribution >= 0.6 is 0 Å². The minimum absolute atomic E-state index is 0.138. The Morgan fingerprint density at radius 2 is 1.75 bits per heavy atom. The van der Waals surface area contributed by atoms with Crippen molar-refractivity contribution in [1.82, 2.24) is 0 Å². The van der Waals surface area contributed by atoms with Crippen molar-refractivity contribution in [2.75, 3.05) is 13.4 Å². The quantitative estimate of drug-likeness (QED) is 0.692. The molecule has 3 rings (SSSR count). The minimum atomic E-state index is -0.519. The SMILES string of the molecule is C[C@H]1O[C@@H]1C[C@H]1O[C@@H]1C[C@@H]1OCOC[C@H]1O. The van der Waals surface area contributed by atoms with Crippen LogP contribution in [-0.4, -0.2) is 55.1 Å². The van der Waals surface area contributed by atoms with Crippen molar-refractivity contribution in [3.05, 3.63) is 0 Å². The van der Waals surface area contributed by atoms with Crippen LogP contribution in [0.4, 0.5) is 0 Å². The number of hydrogen-bond donors (Lipinski definition) is 1. The fourth-order valence-corrected chi connectivity index (χ4v) is 2.28. The van der Waals surface area contributed by atoms with Gasteiger partial charge in [0.1, 0.15) is 12.9 Å². The highest BCUT2D eigenvalue weighted by Gasteiger charge is 2.47. The van der Waals surface area contributed by atoms with Gasteiger partial charge in [-0.15, -0.1) is 0 Å². The molecule has 3 saturated heterocycles. The van der Waals surface area contributed by atoms with Gasteiger partial charge in [0, 0.05) is 12.8 Å². The molecule has 0 saturated carbocycles. The van der Waals surface area contributed by atoms with E-state index in [4.69, 9.17) is 18.9 Å². The van der Waals surface area contributed by atoms with Gasteiger partial charge in [0.25, 0.3) is 0 Å². The summed E-state index contributed by atoms with van der Waals surface area (Å²) in [5, 5.41) is 9.64. The second-order valence-electron chi connectivity index (χ2n) is 4.83. The first kappa shape index (κ1) is 10.9. The van der Waals surface area contributed by atoms with E-state index in [1.165, 1.54) is 0 Å². The van der Waals surface area contributed by atoms with Crippen LogP contribution < -0.4 is 0 Å². The van der Waals surface area contributed by atoms with Crippen LogP contribution in [0, 0.1) is 0 Å². The Morgan fingerprint density at radius 3 is 2.38 bits per heavy atom. The highest BCUT2D eigenvalue weighted by Crippen LogP contribution is 2.37. The molecule has 16 heavy (non-hydrogen) atoms. The Balaban J connectivity index is 1.39. The van der Waals surface area contributed by atoms with Gasteiger partial charge in [-0.25, -0.2) is 0 Å². The predicted molar refractivity (Wildman–Crippen MR) is 53.9 cm³/mol.